The summed E-state index contributed by atoms with van der Waals surface area (Å²) in [5, 5.41) is 1.08. The zero-order valence-electron chi connectivity index (χ0n) is 19.8. The van der Waals surface area contributed by atoms with E-state index in [9.17, 15) is 14.4 Å². The number of carbonyl (C=O) groups excluding carboxylic acids is 3. The normalized spacial score (nSPS) is 18.1. The average molecular weight is 537 g/mol. The predicted molar refractivity (Wildman–Crippen MR) is 143 cm³/mol. The Morgan fingerprint density at radius 2 is 1.84 bits per heavy atom. The van der Waals surface area contributed by atoms with E-state index >= 15 is 0 Å². The first-order valence-corrected chi connectivity index (χ1v) is 12.4. The summed E-state index contributed by atoms with van der Waals surface area (Å²) in [4.78, 5) is 58.5. The minimum Gasteiger partial charge on any atom is -0.359 e. The standard InChI is InChI=1S/C26H22Cl2N6O3/c1-15-14-33(25(36)16-5-3-2-4-6-16)9-10-34(15)26(37)24(35)18-12-31-22-17(18)7-8-29-23(22)19-13-30-20(27)11-21(28)32-19/h2-8,12-13,15,31H,9-11,14H2,1H3/t15-/m1/s1. The van der Waals surface area contributed by atoms with Gasteiger partial charge in [0, 0.05) is 49.0 Å². The van der Waals surface area contributed by atoms with Gasteiger partial charge in [-0.1, -0.05) is 41.4 Å². The molecule has 2 aliphatic heterocycles. The molecule has 1 aromatic carbocycles. The molecule has 0 saturated carbocycles. The topological polar surface area (TPSA) is 111 Å². The molecule has 37 heavy (non-hydrogen) atoms. The van der Waals surface area contributed by atoms with Crippen molar-refractivity contribution in [2.45, 2.75) is 19.4 Å². The highest BCUT2D eigenvalue weighted by atomic mass is 35.5. The quantitative estimate of drug-likeness (QED) is 0.399. The number of nitrogens with one attached hydrogen (secondary N) is 1. The van der Waals surface area contributed by atoms with E-state index in [0.717, 1.165) is 0 Å². The lowest BCUT2D eigenvalue weighted by Crippen LogP contribution is -2.56. The fraction of sp³-hybridized carbons (Fsp3) is 0.231. The van der Waals surface area contributed by atoms with E-state index in [4.69, 9.17) is 23.2 Å². The number of benzene rings is 1. The van der Waals surface area contributed by atoms with Crippen LogP contribution in [0.25, 0.3) is 16.6 Å². The van der Waals surface area contributed by atoms with Gasteiger partial charge in [0.2, 0.25) is 0 Å². The van der Waals surface area contributed by atoms with E-state index in [2.05, 4.69) is 20.0 Å². The number of Topliss-reactive ketones (excluding diaryl/α,β-unsaturated/α-hetero) is 1. The number of aromatic nitrogens is 2. The molecule has 2 amide bonds. The Kier molecular flexibility index (Phi) is 6.90. The van der Waals surface area contributed by atoms with Crippen LogP contribution in [0.1, 0.15) is 39.8 Å². The Balaban J connectivity index is 1.36. The number of nitrogens with zero attached hydrogens (tertiary/aromatic N) is 5. The molecule has 1 fully saturated rings. The molecule has 0 radical (unpaired) electrons. The Morgan fingerprint density at radius 3 is 2.59 bits per heavy atom. The molecule has 4 heterocycles. The van der Waals surface area contributed by atoms with Crippen molar-refractivity contribution in [1.82, 2.24) is 19.8 Å². The summed E-state index contributed by atoms with van der Waals surface area (Å²) in [5.74, 6) is -1.36. The first kappa shape index (κ1) is 24.9. The maximum absolute atomic E-state index is 13.3. The molecule has 0 unspecified atom stereocenters. The molecule has 3 aromatic rings. The zero-order chi connectivity index (χ0) is 26.1. The van der Waals surface area contributed by atoms with Crippen LogP contribution in [-0.4, -0.2) is 73.4 Å². The fourth-order valence-electron chi connectivity index (χ4n) is 4.50. The number of halogens is 2. The highest BCUT2D eigenvalue weighted by Crippen LogP contribution is 2.28. The third-order valence-corrected chi connectivity index (χ3v) is 6.79. The molecule has 2 aliphatic rings. The van der Waals surface area contributed by atoms with Crippen molar-refractivity contribution >= 4 is 67.7 Å². The number of pyridine rings is 1. The monoisotopic (exact) mass is 536 g/mol. The van der Waals surface area contributed by atoms with Gasteiger partial charge in [0.15, 0.2) is 0 Å². The number of H-pyrrole nitrogens is 1. The third kappa shape index (κ3) is 4.92. The van der Waals surface area contributed by atoms with Crippen molar-refractivity contribution in [3.8, 4) is 0 Å². The summed E-state index contributed by atoms with van der Waals surface area (Å²) >= 11 is 12.2. The van der Waals surface area contributed by atoms with Gasteiger partial charge in [-0.15, -0.1) is 0 Å². The number of hydrogen-bond donors (Lipinski definition) is 1. The number of piperazine rings is 1. The molecule has 1 saturated heterocycles. The summed E-state index contributed by atoms with van der Waals surface area (Å²) in [6, 6.07) is 10.3. The molecule has 0 aliphatic carbocycles. The maximum atomic E-state index is 13.3. The van der Waals surface area contributed by atoms with Crippen LogP contribution in [0.15, 0.2) is 65.0 Å². The van der Waals surface area contributed by atoms with E-state index in [1.165, 1.54) is 23.5 Å². The van der Waals surface area contributed by atoms with Crippen molar-refractivity contribution in [3.05, 3.63) is 71.8 Å². The Hall–Kier alpha value is -3.82. The number of amides is 2. The molecular weight excluding hydrogens is 515 g/mol. The number of aromatic amines is 1. The molecule has 11 heteroatoms. The Morgan fingerprint density at radius 1 is 1.05 bits per heavy atom. The number of rotatable bonds is 4. The molecule has 5 rings (SSSR count). The van der Waals surface area contributed by atoms with Crippen molar-refractivity contribution < 1.29 is 14.4 Å². The molecule has 1 atom stereocenters. The summed E-state index contributed by atoms with van der Waals surface area (Å²) in [5.41, 5.74) is 2.16. The number of carbonyl (C=O) groups is 3. The molecule has 2 aromatic heterocycles. The molecule has 9 nitrogen and oxygen atoms in total. The SMILES string of the molecule is C[C@@H]1CN(C(=O)c2ccccc2)CCN1C(=O)C(=O)c1c[nH]c2c(C3=CN=C(Cl)CC(Cl)=N3)nccc12. The fourth-order valence-corrected chi connectivity index (χ4v) is 4.96. The summed E-state index contributed by atoms with van der Waals surface area (Å²) in [7, 11) is 0. The van der Waals surface area contributed by atoms with Crippen molar-refractivity contribution in [2.24, 2.45) is 9.98 Å². The second kappa shape index (κ2) is 10.3. The lowest BCUT2D eigenvalue weighted by Gasteiger charge is -2.39. The first-order chi connectivity index (χ1) is 17.8. The van der Waals surface area contributed by atoms with Crippen molar-refractivity contribution in [3.63, 3.8) is 0 Å². The van der Waals surface area contributed by atoms with E-state index in [1.807, 2.05) is 25.1 Å². The second-order valence-electron chi connectivity index (χ2n) is 8.76. The smallest absolute Gasteiger partial charge is 0.295 e. The summed E-state index contributed by atoms with van der Waals surface area (Å²) < 4.78 is 0. The van der Waals surface area contributed by atoms with Gasteiger partial charge in [-0.2, -0.15) is 0 Å². The van der Waals surface area contributed by atoms with Gasteiger partial charge in [0.1, 0.15) is 21.7 Å². The second-order valence-corrected chi connectivity index (χ2v) is 9.64. The Bertz CT molecular complexity index is 1490. The highest BCUT2D eigenvalue weighted by molar-refractivity contribution is 6.74. The van der Waals surface area contributed by atoms with Gasteiger partial charge >= 0.3 is 0 Å². The lowest BCUT2D eigenvalue weighted by molar-refractivity contribution is -0.130. The minimum absolute atomic E-state index is 0.0938. The largest absolute Gasteiger partial charge is 0.359 e. The number of aliphatic imine (C=N–C) groups is 2. The van der Waals surface area contributed by atoms with Crippen molar-refractivity contribution in [1.29, 1.82) is 0 Å². The van der Waals surface area contributed by atoms with Crippen LogP contribution in [0, 0.1) is 0 Å². The van der Waals surface area contributed by atoms with Crippen LogP contribution in [-0.2, 0) is 4.79 Å². The highest BCUT2D eigenvalue weighted by Gasteiger charge is 2.34. The van der Waals surface area contributed by atoms with Gasteiger partial charge in [-0.05, 0) is 25.1 Å². The average Bonchev–Trinajstić information content (AvgIpc) is 3.26. The van der Waals surface area contributed by atoms with E-state index < -0.39 is 11.7 Å². The predicted octanol–water partition coefficient (Wildman–Crippen LogP) is 4.10. The van der Waals surface area contributed by atoms with Crippen molar-refractivity contribution in [2.75, 3.05) is 19.6 Å². The van der Waals surface area contributed by atoms with Crippen LogP contribution in [0.5, 0.6) is 0 Å². The van der Waals surface area contributed by atoms with Crippen LogP contribution in [0.4, 0.5) is 0 Å². The summed E-state index contributed by atoms with van der Waals surface area (Å²) in [6.45, 7) is 2.77. The van der Waals surface area contributed by atoms with Gasteiger partial charge in [-0.3, -0.25) is 19.4 Å². The summed E-state index contributed by atoms with van der Waals surface area (Å²) in [6.07, 6.45) is 4.70. The van der Waals surface area contributed by atoms with Gasteiger partial charge in [-0.25, -0.2) is 9.98 Å². The molecule has 0 bridgehead atoms. The van der Waals surface area contributed by atoms with E-state index in [-0.39, 0.29) is 35.6 Å². The maximum Gasteiger partial charge on any atom is 0.295 e. The van der Waals surface area contributed by atoms with Gasteiger partial charge in [0.05, 0.1) is 23.7 Å². The number of ketones is 1. The lowest BCUT2D eigenvalue weighted by atomic mass is 10.1. The minimum atomic E-state index is -0.643. The van der Waals surface area contributed by atoms with Crippen LogP contribution in [0.2, 0.25) is 0 Å². The van der Waals surface area contributed by atoms with Gasteiger partial charge in [0.25, 0.3) is 17.6 Å². The zero-order valence-corrected chi connectivity index (χ0v) is 21.3. The van der Waals surface area contributed by atoms with Crippen LogP contribution in [0.3, 0.4) is 0 Å². The van der Waals surface area contributed by atoms with Gasteiger partial charge < -0.3 is 14.8 Å². The molecule has 1 N–H and O–H groups in total. The third-order valence-electron chi connectivity index (χ3n) is 6.34. The molecular formula is C26H22Cl2N6O3. The molecule has 188 valence electrons. The first-order valence-electron chi connectivity index (χ1n) is 11.6. The van der Waals surface area contributed by atoms with E-state index in [0.29, 0.717) is 46.1 Å². The Labute approximate surface area is 222 Å². The van der Waals surface area contributed by atoms with E-state index in [1.54, 1.807) is 23.1 Å². The van der Waals surface area contributed by atoms with Crippen LogP contribution >= 0.6 is 23.2 Å². The number of hydrogen-bond acceptors (Lipinski definition) is 6. The number of fused-ring (bicyclic) bond motifs is 1. The van der Waals surface area contributed by atoms with Crippen LogP contribution < -0.4 is 0 Å². The molecule has 0 spiro atoms.